The molecule has 1 fully saturated rings. The van der Waals surface area contributed by atoms with Crippen molar-refractivity contribution in [1.29, 1.82) is 0 Å². The van der Waals surface area contributed by atoms with Gasteiger partial charge < -0.3 is 14.8 Å². The van der Waals surface area contributed by atoms with Crippen molar-refractivity contribution in [1.82, 2.24) is 9.97 Å². The van der Waals surface area contributed by atoms with Crippen LogP contribution >= 0.6 is 0 Å². The van der Waals surface area contributed by atoms with Crippen LogP contribution < -0.4 is 0 Å². The number of aromatic carboxylic acids is 1. The summed E-state index contributed by atoms with van der Waals surface area (Å²) in [5.74, 6) is -1.06. The van der Waals surface area contributed by atoms with Crippen LogP contribution in [0.15, 0.2) is 6.20 Å². The highest BCUT2D eigenvalue weighted by atomic mass is 16.5. The Balaban J connectivity index is 2.16. The fourth-order valence-electron chi connectivity index (χ4n) is 1.43. The molecule has 2 heterocycles. The topological polar surface area (TPSA) is 75.2 Å². The second kappa shape index (κ2) is 3.18. The SMILES string of the molecule is O=C(O)c1ncc(C2CCCO2)[nH]1. The quantitative estimate of drug-likeness (QED) is 0.714. The number of carboxylic acids is 1. The molecule has 13 heavy (non-hydrogen) atoms. The molecule has 1 saturated heterocycles. The summed E-state index contributed by atoms with van der Waals surface area (Å²) in [7, 11) is 0. The Morgan fingerprint density at radius 3 is 3.15 bits per heavy atom. The first-order valence-electron chi connectivity index (χ1n) is 4.17. The van der Waals surface area contributed by atoms with Crippen LogP contribution in [-0.4, -0.2) is 27.7 Å². The maximum absolute atomic E-state index is 10.5. The summed E-state index contributed by atoms with van der Waals surface area (Å²) in [6.07, 6.45) is 3.48. The molecule has 2 N–H and O–H groups in total. The van der Waals surface area contributed by atoms with Crippen LogP contribution in [0.25, 0.3) is 0 Å². The van der Waals surface area contributed by atoms with Gasteiger partial charge in [0.1, 0.15) is 0 Å². The molecule has 0 aromatic carbocycles. The zero-order chi connectivity index (χ0) is 9.26. The normalized spacial score (nSPS) is 22.0. The van der Waals surface area contributed by atoms with Gasteiger partial charge >= 0.3 is 5.97 Å². The summed E-state index contributed by atoms with van der Waals surface area (Å²) in [4.78, 5) is 16.9. The average Bonchev–Trinajstić information content (AvgIpc) is 2.75. The molecule has 2 rings (SSSR count). The lowest BCUT2D eigenvalue weighted by Gasteiger charge is -2.04. The Labute approximate surface area is 74.7 Å². The van der Waals surface area contributed by atoms with Gasteiger partial charge in [0.25, 0.3) is 0 Å². The van der Waals surface area contributed by atoms with Crippen molar-refractivity contribution in [3.63, 3.8) is 0 Å². The molecule has 1 unspecified atom stereocenters. The van der Waals surface area contributed by atoms with Crippen LogP contribution in [0, 0.1) is 0 Å². The molecule has 0 saturated carbocycles. The molecular formula is C8H10N2O3. The number of hydrogen-bond donors (Lipinski definition) is 2. The van der Waals surface area contributed by atoms with E-state index >= 15 is 0 Å². The number of ether oxygens (including phenoxy) is 1. The van der Waals surface area contributed by atoms with Gasteiger partial charge in [-0.2, -0.15) is 0 Å². The van der Waals surface area contributed by atoms with Crippen molar-refractivity contribution in [2.45, 2.75) is 18.9 Å². The summed E-state index contributed by atoms with van der Waals surface area (Å²) < 4.78 is 5.37. The molecule has 1 aromatic rings. The first-order valence-corrected chi connectivity index (χ1v) is 4.17. The Bertz CT molecular complexity index is 315. The van der Waals surface area contributed by atoms with Gasteiger partial charge in [0.15, 0.2) is 0 Å². The maximum Gasteiger partial charge on any atom is 0.371 e. The first kappa shape index (κ1) is 8.25. The number of rotatable bonds is 2. The number of hydrogen-bond acceptors (Lipinski definition) is 3. The van der Waals surface area contributed by atoms with E-state index in [1.165, 1.54) is 6.20 Å². The second-order valence-electron chi connectivity index (χ2n) is 2.99. The van der Waals surface area contributed by atoms with E-state index in [-0.39, 0.29) is 11.9 Å². The lowest BCUT2D eigenvalue weighted by atomic mass is 10.2. The Morgan fingerprint density at radius 2 is 2.62 bits per heavy atom. The van der Waals surface area contributed by atoms with Crippen molar-refractivity contribution < 1.29 is 14.6 Å². The third-order valence-electron chi connectivity index (χ3n) is 2.07. The van der Waals surface area contributed by atoms with E-state index < -0.39 is 5.97 Å². The van der Waals surface area contributed by atoms with E-state index in [1.807, 2.05) is 0 Å². The smallest absolute Gasteiger partial charge is 0.371 e. The minimum Gasteiger partial charge on any atom is -0.475 e. The van der Waals surface area contributed by atoms with E-state index in [9.17, 15) is 4.79 Å². The second-order valence-corrected chi connectivity index (χ2v) is 2.99. The minimum absolute atomic E-state index is 0.000556. The predicted octanol–water partition coefficient (Wildman–Crippen LogP) is 0.959. The zero-order valence-electron chi connectivity index (χ0n) is 6.99. The number of aromatic nitrogens is 2. The fraction of sp³-hybridized carbons (Fsp3) is 0.500. The van der Waals surface area contributed by atoms with Crippen LogP contribution in [-0.2, 0) is 4.74 Å². The standard InChI is InChI=1S/C8H10N2O3/c11-8(12)7-9-4-5(10-7)6-2-1-3-13-6/h4,6H,1-3H2,(H,9,10)(H,11,12). The summed E-state index contributed by atoms with van der Waals surface area (Å²) in [5.41, 5.74) is 0.759. The molecule has 1 aromatic heterocycles. The molecule has 0 amide bonds. The third kappa shape index (κ3) is 1.55. The third-order valence-corrected chi connectivity index (χ3v) is 2.07. The van der Waals surface area contributed by atoms with Gasteiger partial charge in [-0.05, 0) is 12.8 Å². The molecule has 70 valence electrons. The number of carbonyl (C=O) groups is 1. The maximum atomic E-state index is 10.5. The molecule has 1 aliphatic heterocycles. The van der Waals surface area contributed by atoms with Gasteiger partial charge in [-0.3, -0.25) is 0 Å². The molecular weight excluding hydrogens is 172 g/mol. The molecule has 5 heteroatoms. The molecule has 0 radical (unpaired) electrons. The number of imidazole rings is 1. The lowest BCUT2D eigenvalue weighted by molar-refractivity contribution is 0.0683. The lowest BCUT2D eigenvalue weighted by Crippen LogP contribution is -2.00. The summed E-state index contributed by atoms with van der Waals surface area (Å²) >= 11 is 0. The molecule has 1 atom stereocenters. The minimum atomic E-state index is -1.04. The van der Waals surface area contributed by atoms with Gasteiger partial charge in [0.05, 0.1) is 18.0 Å². The van der Waals surface area contributed by atoms with E-state index in [1.54, 1.807) is 0 Å². The molecule has 5 nitrogen and oxygen atoms in total. The summed E-state index contributed by atoms with van der Waals surface area (Å²) in [6, 6.07) is 0. The molecule has 0 spiro atoms. The van der Waals surface area contributed by atoms with Crippen LogP contribution in [0.4, 0.5) is 0 Å². The largest absolute Gasteiger partial charge is 0.475 e. The van der Waals surface area contributed by atoms with Crippen molar-refractivity contribution in [2.24, 2.45) is 0 Å². The average molecular weight is 182 g/mol. The monoisotopic (exact) mass is 182 g/mol. The number of H-pyrrole nitrogens is 1. The summed E-state index contributed by atoms with van der Waals surface area (Å²) in [5, 5.41) is 8.61. The van der Waals surface area contributed by atoms with E-state index in [4.69, 9.17) is 9.84 Å². The number of aromatic amines is 1. The highest BCUT2D eigenvalue weighted by Gasteiger charge is 2.20. The Morgan fingerprint density at radius 1 is 1.77 bits per heavy atom. The zero-order valence-corrected chi connectivity index (χ0v) is 6.99. The van der Waals surface area contributed by atoms with Gasteiger partial charge in [-0.1, -0.05) is 0 Å². The van der Waals surface area contributed by atoms with Crippen molar-refractivity contribution in [3.8, 4) is 0 Å². The number of nitrogens with zero attached hydrogens (tertiary/aromatic N) is 1. The van der Waals surface area contributed by atoms with Gasteiger partial charge in [-0.25, -0.2) is 9.78 Å². The van der Waals surface area contributed by atoms with Gasteiger partial charge in [-0.15, -0.1) is 0 Å². The van der Waals surface area contributed by atoms with Crippen molar-refractivity contribution in [3.05, 3.63) is 17.7 Å². The molecule has 0 aliphatic carbocycles. The van der Waals surface area contributed by atoms with E-state index in [0.717, 1.165) is 25.1 Å². The van der Waals surface area contributed by atoms with Gasteiger partial charge in [0.2, 0.25) is 5.82 Å². The predicted molar refractivity (Wildman–Crippen MR) is 43.5 cm³/mol. The van der Waals surface area contributed by atoms with Crippen LogP contribution in [0.2, 0.25) is 0 Å². The Kier molecular flexibility index (Phi) is 2.02. The number of nitrogens with one attached hydrogen (secondary N) is 1. The van der Waals surface area contributed by atoms with Crippen molar-refractivity contribution >= 4 is 5.97 Å². The van der Waals surface area contributed by atoms with Crippen LogP contribution in [0.5, 0.6) is 0 Å². The molecule has 1 aliphatic rings. The van der Waals surface area contributed by atoms with Crippen LogP contribution in [0.3, 0.4) is 0 Å². The Hall–Kier alpha value is -1.36. The fourth-order valence-corrected chi connectivity index (χ4v) is 1.43. The first-order chi connectivity index (χ1) is 6.27. The van der Waals surface area contributed by atoms with Gasteiger partial charge in [0, 0.05) is 6.61 Å². The van der Waals surface area contributed by atoms with Crippen molar-refractivity contribution in [2.75, 3.05) is 6.61 Å². The highest BCUT2D eigenvalue weighted by molar-refractivity contribution is 5.83. The number of carboxylic acid groups (broad SMARTS) is 1. The van der Waals surface area contributed by atoms with E-state index in [2.05, 4.69) is 9.97 Å². The van der Waals surface area contributed by atoms with E-state index in [0.29, 0.717) is 0 Å². The molecule has 0 bridgehead atoms. The summed E-state index contributed by atoms with van der Waals surface area (Å²) in [6.45, 7) is 0.742. The highest BCUT2D eigenvalue weighted by Crippen LogP contribution is 2.26. The van der Waals surface area contributed by atoms with Crippen LogP contribution in [0.1, 0.15) is 35.3 Å².